The zero-order chi connectivity index (χ0) is 10.9. The average molecular weight is 213 g/mol. The van der Waals surface area contributed by atoms with E-state index in [9.17, 15) is 30.7 Å². The molecule has 0 saturated heterocycles. The smallest absolute Gasteiger partial charge is 0.323 e. The van der Waals surface area contributed by atoms with Gasteiger partial charge in [0.25, 0.3) is 0 Å². The monoisotopic (exact) mass is 213 g/mol. The third-order valence-corrected chi connectivity index (χ3v) is 0.999. The molecule has 0 aliphatic heterocycles. The first-order valence-corrected chi connectivity index (χ1v) is 2.76. The van der Waals surface area contributed by atoms with E-state index < -0.39 is 24.6 Å². The van der Waals surface area contributed by atoms with E-state index in [1.165, 1.54) is 0 Å². The number of hydrogen-bond acceptors (Lipinski definition) is 1. The predicted molar refractivity (Wildman–Crippen MR) is 27.3 cm³/mol. The second kappa shape index (κ2) is 3.32. The molecule has 8 heteroatoms. The van der Waals surface area contributed by atoms with Gasteiger partial charge in [-0.15, -0.1) is 0 Å². The SMILES string of the molecule is COC(F)(F)[CH]C(F)(F)C(F)(F)F. The number of ether oxygens (including phenoxy) is 1. The zero-order valence-corrected chi connectivity index (χ0v) is 6.13. The Morgan fingerprint density at radius 3 is 1.54 bits per heavy atom. The van der Waals surface area contributed by atoms with Crippen LogP contribution in [0.1, 0.15) is 0 Å². The van der Waals surface area contributed by atoms with Gasteiger partial charge < -0.3 is 4.74 Å². The number of rotatable bonds is 3. The van der Waals surface area contributed by atoms with Crippen molar-refractivity contribution in [3.63, 3.8) is 0 Å². The highest BCUT2D eigenvalue weighted by Crippen LogP contribution is 2.41. The maximum absolute atomic E-state index is 11.9. The third-order valence-electron chi connectivity index (χ3n) is 0.999. The second-order valence-corrected chi connectivity index (χ2v) is 2.03. The number of halogens is 7. The van der Waals surface area contributed by atoms with Crippen LogP contribution in [0.25, 0.3) is 0 Å². The summed E-state index contributed by atoms with van der Waals surface area (Å²) in [6.45, 7) is 0. The molecule has 0 unspecified atom stereocenters. The highest BCUT2D eigenvalue weighted by atomic mass is 19.4. The largest absolute Gasteiger partial charge is 0.453 e. The van der Waals surface area contributed by atoms with Crippen molar-refractivity contribution < 1.29 is 35.5 Å². The minimum absolute atomic E-state index is 0.308. The Kier molecular flexibility index (Phi) is 3.18. The van der Waals surface area contributed by atoms with Crippen molar-refractivity contribution in [3.8, 4) is 0 Å². The lowest BCUT2D eigenvalue weighted by Gasteiger charge is -2.22. The minimum Gasteiger partial charge on any atom is -0.323 e. The van der Waals surface area contributed by atoms with Crippen LogP contribution in [0.5, 0.6) is 0 Å². The molecule has 0 aromatic carbocycles. The van der Waals surface area contributed by atoms with Gasteiger partial charge >= 0.3 is 18.2 Å². The molecule has 0 spiro atoms. The fourth-order valence-corrected chi connectivity index (χ4v) is 0.352. The molecule has 0 saturated carbocycles. The van der Waals surface area contributed by atoms with Crippen LogP contribution in [0, 0.1) is 6.42 Å². The molecule has 79 valence electrons. The first-order chi connectivity index (χ1) is 5.52. The highest BCUT2D eigenvalue weighted by Gasteiger charge is 2.62. The summed E-state index contributed by atoms with van der Waals surface area (Å²) in [5.41, 5.74) is 0. The lowest BCUT2D eigenvalue weighted by atomic mass is 10.2. The maximum Gasteiger partial charge on any atom is 0.453 e. The molecular weight excluding hydrogens is 209 g/mol. The molecule has 0 aliphatic carbocycles. The van der Waals surface area contributed by atoms with E-state index in [4.69, 9.17) is 0 Å². The van der Waals surface area contributed by atoms with Crippen molar-refractivity contribution in [2.45, 2.75) is 18.2 Å². The van der Waals surface area contributed by atoms with Crippen molar-refractivity contribution in [3.05, 3.63) is 6.42 Å². The van der Waals surface area contributed by atoms with E-state index in [2.05, 4.69) is 4.74 Å². The Bertz CT molecular complexity index is 172. The van der Waals surface area contributed by atoms with Crippen LogP contribution in [-0.2, 0) is 4.74 Å². The summed E-state index contributed by atoms with van der Waals surface area (Å²) in [6.07, 6.45) is -12.2. The van der Waals surface area contributed by atoms with Gasteiger partial charge in [0, 0.05) is 7.11 Å². The Balaban J connectivity index is 4.52. The van der Waals surface area contributed by atoms with Gasteiger partial charge in [-0.2, -0.15) is 30.7 Å². The fraction of sp³-hybridized carbons (Fsp3) is 0.800. The van der Waals surface area contributed by atoms with Gasteiger partial charge in [0.1, 0.15) is 6.42 Å². The molecule has 13 heavy (non-hydrogen) atoms. The van der Waals surface area contributed by atoms with E-state index in [0.29, 0.717) is 7.11 Å². The molecule has 0 N–H and O–H groups in total. The van der Waals surface area contributed by atoms with Gasteiger partial charge in [-0.05, 0) is 0 Å². The summed E-state index contributed by atoms with van der Waals surface area (Å²) in [6, 6.07) is 0. The lowest BCUT2D eigenvalue weighted by molar-refractivity contribution is -0.298. The van der Waals surface area contributed by atoms with Crippen LogP contribution in [0.15, 0.2) is 0 Å². The quantitative estimate of drug-likeness (QED) is 0.654. The first kappa shape index (κ1) is 12.5. The molecular formula is C5H4F7O. The van der Waals surface area contributed by atoms with E-state index in [1.807, 2.05) is 0 Å². The van der Waals surface area contributed by atoms with Crippen LogP contribution < -0.4 is 0 Å². The summed E-state index contributed by atoms with van der Waals surface area (Å²) in [5, 5.41) is 0. The van der Waals surface area contributed by atoms with Crippen LogP contribution in [0.4, 0.5) is 30.7 Å². The van der Waals surface area contributed by atoms with Gasteiger partial charge in [0.05, 0.1) is 0 Å². The molecule has 0 rings (SSSR count). The number of alkyl halides is 7. The molecule has 0 amide bonds. The molecule has 0 atom stereocenters. The van der Waals surface area contributed by atoms with Crippen molar-refractivity contribution in [2.24, 2.45) is 0 Å². The van der Waals surface area contributed by atoms with Gasteiger partial charge in [-0.25, -0.2) is 0 Å². The number of methoxy groups -OCH3 is 1. The predicted octanol–water partition coefficient (Wildman–Crippen LogP) is 2.63. The van der Waals surface area contributed by atoms with Crippen LogP contribution >= 0.6 is 0 Å². The normalized spacial score (nSPS) is 14.8. The maximum atomic E-state index is 11.9. The van der Waals surface area contributed by atoms with Gasteiger partial charge in [0.2, 0.25) is 0 Å². The summed E-state index contributed by atoms with van der Waals surface area (Å²) < 4.78 is 84.7. The zero-order valence-electron chi connectivity index (χ0n) is 6.13. The van der Waals surface area contributed by atoms with Crippen molar-refractivity contribution in [2.75, 3.05) is 7.11 Å². The molecule has 0 heterocycles. The van der Waals surface area contributed by atoms with Crippen LogP contribution in [-0.4, -0.2) is 25.3 Å². The standard InChI is InChI=1S/C5H4F7O/c1-13-4(8,9)2-3(6,7)5(10,11)12/h2H,1H3. The van der Waals surface area contributed by atoms with Gasteiger partial charge in [0.15, 0.2) is 0 Å². The van der Waals surface area contributed by atoms with E-state index in [0.717, 1.165) is 0 Å². The van der Waals surface area contributed by atoms with Crippen molar-refractivity contribution >= 4 is 0 Å². The molecule has 1 radical (unpaired) electrons. The Morgan fingerprint density at radius 2 is 1.31 bits per heavy atom. The van der Waals surface area contributed by atoms with Crippen LogP contribution in [0.3, 0.4) is 0 Å². The highest BCUT2D eigenvalue weighted by molar-refractivity contribution is 4.96. The topological polar surface area (TPSA) is 9.23 Å². The van der Waals surface area contributed by atoms with E-state index in [1.54, 1.807) is 0 Å². The summed E-state index contributed by atoms with van der Waals surface area (Å²) in [4.78, 5) is 0. The molecule has 0 aliphatic rings. The number of hydrogen-bond donors (Lipinski definition) is 0. The van der Waals surface area contributed by atoms with Gasteiger partial charge in [-0.1, -0.05) is 0 Å². The molecule has 0 aromatic heterocycles. The average Bonchev–Trinajstić information content (AvgIpc) is 1.83. The summed E-state index contributed by atoms with van der Waals surface area (Å²) in [7, 11) is 0.308. The van der Waals surface area contributed by atoms with Crippen molar-refractivity contribution in [1.82, 2.24) is 0 Å². The first-order valence-electron chi connectivity index (χ1n) is 2.76. The second-order valence-electron chi connectivity index (χ2n) is 2.03. The molecule has 1 nitrogen and oxygen atoms in total. The Morgan fingerprint density at radius 1 is 0.923 bits per heavy atom. The minimum atomic E-state index is -6.05. The Labute approximate surface area is 68.5 Å². The summed E-state index contributed by atoms with van der Waals surface area (Å²) >= 11 is 0. The van der Waals surface area contributed by atoms with Crippen LogP contribution in [0.2, 0.25) is 0 Å². The molecule has 0 fully saturated rings. The summed E-state index contributed by atoms with van der Waals surface area (Å²) in [5.74, 6) is -5.58. The van der Waals surface area contributed by atoms with E-state index >= 15 is 0 Å². The van der Waals surface area contributed by atoms with Crippen molar-refractivity contribution in [1.29, 1.82) is 0 Å². The van der Waals surface area contributed by atoms with E-state index in [-0.39, 0.29) is 0 Å². The molecule has 0 bridgehead atoms. The third kappa shape index (κ3) is 3.37. The fourth-order valence-electron chi connectivity index (χ4n) is 0.352. The Hall–Kier alpha value is -0.530. The lowest BCUT2D eigenvalue weighted by Crippen LogP contribution is -2.43. The molecule has 0 aromatic rings. The van der Waals surface area contributed by atoms with Gasteiger partial charge in [-0.3, -0.25) is 0 Å².